The second-order valence-electron chi connectivity index (χ2n) is 9.19. The number of piperidine rings is 1. The molecule has 4 rings (SSSR count). The molecule has 1 saturated heterocycles. The molecule has 0 saturated carbocycles. The number of methoxy groups -OCH3 is 2. The molecule has 0 radical (unpaired) electrons. The van der Waals surface area contributed by atoms with Gasteiger partial charge in [0.1, 0.15) is 17.2 Å². The smallest absolute Gasteiger partial charge is 0.223 e. The number of fused-ring (bicyclic) bond motifs is 1. The number of pyridine rings is 1. The van der Waals surface area contributed by atoms with Gasteiger partial charge in [-0.1, -0.05) is 38.1 Å². The third-order valence-electron chi connectivity index (χ3n) is 6.48. The third-order valence-corrected chi connectivity index (χ3v) is 6.48. The van der Waals surface area contributed by atoms with Gasteiger partial charge in [-0.05, 0) is 30.4 Å². The van der Waals surface area contributed by atoms with Gasteiger partial charge >= 0.3 is 0 Å². The number of rotatable bonds is 6. The van der Waals surface area contributed by atoms with E-state index in [2.05, 4.69) is 13.8 Å². The number of phenols is 1. The minimum Gasteiger partial charge on any atom is -0.507 e. The van der Waals surface area contributed by atoms with Crippen molar-refractivity contribution in [1.29, 1.82) is 0 Å². The fourth-order valence-electron chi connectivity index (χ4n) is 5.02. The van der Waals surface area contributed by atoms with Gasteiger partial charge in [-0.3, -0.25) is 9.78 Å². The first-order valence-electron chi connectivity index (χ1n) is 11.5. The maximum Gasteiger partial charge on any atom is 0.223 e. The standard InChI is InChI=1S/C27H32N2O4/c1-17-11-18(2)16-29(15-17)26(31)14-21(23-10-9-19-7-5-6-8-22(19)28-23)27-24(30)12-20(32-3)13-25(27)33-4/h5-10,12-13,17-18,21,30H,11,14-16H2,1-4H3/t17-,18+,21?. The van der Waals surface area contributed by atoms with Crippen molar-refractivity contribution in [2.45, 2.75) is 32.6 Å². The summed E-state index contributed by atoms with van der Waals surface area (Å²) in [5.41, 5.74) is 2.12. The molecule has 0 spiro atoms. The third kappa shape index (κ3) is 4.90. The lowest BCUT2D eigenvalue weighted by molar-refractivity contribution is -0.134. The minimum atomic E-state index is -0.462. The summed E-state index contributed by atoms with van der Waals surface area (Å²) < 4.78 is 10.9. The molecular formula is C27H32N2O4. The molecule has 1 aliphatic rings. The number of hydrogen-bond acceptors (Lipinski definition) is 5. The normalized spacial score (nSPS) is 19.3. The van der Waals surface area contributed by atoms with Crippen molar-refractivity contribution >= 4 is 16.8 Å². The van der Waals surface area contributed by atoms with Crippen LogP contribution in [0.1, 0.15) is 43.9 Å². The zero-order chi connectivity index (χ0) is 23.5. The number of carbonyl (C=O) groups excluding carboxylic acids is 1. The van der Waals surface area contributed by atoms with Gasteiger partial charge in [0.15, 0.2) is 0 Å². The summed E-state index contributed by atoms with van der Waals surface area (Å²) in [4.78, 5) is 20.3. The van der Waals surface area contributed by atoms with E-state index in [1.54, 1.807) is 26.4 Å². The Morgan fingerprint density at radius 1 is 1.09 bits per heavy atom. The van der Waals surface area contributed by atoms with E-state index in [0.717, 1.165) is 36.1 Å². The van der Waals surface area contributed by atoms with Gasteiger partial charge in [0, 0.05) is 54.2 Å². The van der Waals surface area contributed by atoms with E-state index in [1.165, 1.54) is 0 Å². The summed E-state index contributed by atoms with van der Waals surface area (Å²) in [6.07, 6.45) is 1.33. The maximum absolute atomic E-state index is 13.5. The van der Waals surface area contributed by atoms with Gasteiger partial charge in [-0.2, -0.15) is 0 Å². The molecule has 3 atom stereocenters. The molecule has 174 valence electrons. The number of benzene rings is 2. The SMILES string of the molecule is COc1cc(O)c(C(CC(=O)N2C[C@H](C)C[C@H](C)C2)c2ccc3ccccc3n2)c(OC)c1. The molecule has 1 amide bonds. The Hall–Kier alpha value is -3.28. The van der Waals surface area contributed by atoms with Gasteiger partial charge in [-0.15, -0.1) is 0 Å². The van der Waals surface area contributed by atoms with Crippen LogP contribution in [-0.2, 0) is 4.79 Å². The Labute approximate surface area is 195 Å². The topological polar surface area (TPSA) is 71.9 Å². The lowest BCUT2D eigenvalue weighted by atomic mass is 9.87. The molecule has 2 aromatic carbocycles. The molecule has 0 aliphatic carbocycles. The average molecular weight is 449 g/mol. The molecule has 1 N–H and O–H groups in total. The molecule has 1 unspecified atom stereocenters. The molecule has 1 aromatic heterocycles. The van der Waals surface area contributed by atoms with E-state index >= 15 is 0 Å². The molecule has 1 aliphatic heterocycles. The number of likely N-dealkylation sites (tertiary alicyclic amines) is 1. The average Bonchev–Trinajstić information content (AvgIpc) is 2.81. The molecule has 33 heavy (non-hydrogen) atoms. The van der Waals surface area contributed by atoms with Gasteiger partial charge in [0.05, 0.1) is 19.7 Å². The fourth-order valence-corrected chi connectivity index (χ4v) is 5.02. The number of ether oxygens (including phenoxy) is 2. The summed E-state index contributed by atoms with van der Waals surface area (Å²) in [7, 11) is 3.09. The first-order chi connectivity index (χ1) is 15.9. The van der Waals surface area contributed by atoms with Crippen LogP contribution in [0.5, 0.6) is 17.2 Å². The Bertz CT molecular complexity index is 1140. The highest BCUT2D eigenvalue weighted by atomic mass is 16.5. The lowest BCUT2D eigenvalue weighted by Crippen LogP contribution is -2.43. The highest BCUT2D eigenvalue weighted by Crippen LogP contribution is 2.43. The molecule has 2 heterocycles. The first-order valence-corrected chi connectivity index (χ1v) is 11.5. The van der Waals surface area contributed by atoms with Crippen molar-refractivity contribution < 1.29 is 19.4 Å². The van der Waals surface area contributed by atoms with Crippen molar-refractivity contribution in [3.8, 4) is 17.2 Å². The van der Waals surface area contributed by atoms with Crippen molar-refractivity contribution in [3.63, 3.8) is 0 Å². The van der Waals surface area contributed by atoms with Gasteiger partial charge in [-0.25, -0.2) is 0 Å². The number of phenolic OH excluding ortho intramolecular Hbond substituents is 1. The van der Waals surface area contributed by atoms with E-state index in [9.17, 15) is 9.90 Å². The van der Waals surface area contributed by atoms with E-state index in [1.807, 2.05) is 41.3 Å². The van der Waals surface area contributed by atoms with Crippen LogP contribution in [0.2, 0.25) is 0 Å². The number of amides is 1. The summed E-state index contributed by atoms with van der Waals surface area (Å²) >= 11 is 0. The van der Waals surface area contributed by atoms with Gasteiger partial charge in [0.25, 0.3) is 0 Å². The Morgan fingerprint density at radius 2 is 1.82 bits per heavy atom. The van der Waals surface area contributed by atoms with Crippen molar-refractivity contribution in [2.24, 2.45) is 11.8 Å². The highest BCUT2D eigenvalue weighted by molar-refractivity contribution is 5.80. The maximum atomic E-state index is 13.5. The zero-order valence-electron chi connectivity index (χ0n) is 19.7. The summed E-state index contributed by atoms with van der Waals surface area (Å²) in [5.74, 6) is 1.53. The Balaban J connectivity index is 1.78. The number of hydrogen-bond donors (Lipinski definition) is 1. The predicted octanol–water partition coefficient (Wildman–Crippen LogP) is 4.98. The van der Waals surface area contributed by atoms with Gasteiger partial charge < -0.3 is 19.5 Å². The Morgan fingerprint density at radius 3 is 2.52 bits per heavy atom. The second kappa shape index (κ2) is 9.69. The van der Waals surface area contributed by atoms with Crippen LogP contribution in [0.25, 0.3) is 10.9 Å². The monoisotopic (exact) mass is 448 g/mol. The van der Waals surface area contributed by atoms with Crippen LogP contribution < -0.4 is 9.47 Å². The van der Waals surface area contributed by atoms with Crippen LogP contribution in [0.15, 0.2) is 48.5 Å². The molecule has 3 aromatic rings. The summed E-state index contributed by atoms with van der Waals surface area (Å²) in [5, 5.41) is 12.0. The molecule has 6 heteroatoms. The second-order valence-corrected chi connectivity index (χ2v) is 9.19. The van der Waals surface area contributed by atoms with Crippen LogP contribution in [0.3, 0.4) is 0 Å². The molecule has 6 nitrogen and oxygen atoms in total. The lowest BCUT2D eigenvalue weighted by Gasteiger charge is -2.36. The van der Waals surface area contributed by atoms with Crippen molar-refractivity contribution in [2.75, 3.05) is 27.3 Å². The summed E-state index contributed by atoms with van der Waals surface area (Å²) in [6, 6.07) is 15.1. The highest BCUT2D eigenvalue weighted by Gasteiger charge is 2.31. The van der Waals surface area contributed by atoms with Crippen molar-refractivity contribution in [1.82, 2.24) is 9.88 Å². The largest absolute Gasteiger partial charge is 0.507 e. The number of aromatic hydroxyl groups is 1. The fraction of sp³-hybridized carbons (Fsp3) is 0.407. The van der Waals surface area contributed by atoms with E-state index in [0.29, 0.717) is 28.9 Å². The van der Waals surface area contributed by atoms with E-state index < -0.39 is 5.92 Å². The minimum absolute atomic E-state index is 0.0272. The zero-order valence-corrected chi connectivity index (χ0v) is 19.7. The molecular weight excluding hydrogens is 416 g/mol. The number of nitrogens with zero attached hydrogens (tertiary/aromatic N) is 2. The summed E-state index contributed by atoms with van der Waals surface area (Å²) in [6.45, 7) is 5.90. The van der Waals surface area contributed by atoms with Crippen LogP contribution in [0.4, 0.5) is 0 Å². The number of carbonyl (C=O) groups is 1. The quantitative estimate of drug-likeness (QED) is 0.576. The van der Waals surface area contributed by atoms with E-state index in [4.69, 9.17) is 14.5 Å². The number of para-hydroxylation sites is 1. The van der Waals surface area contributed by atoms with Crippen LogP contribution >= 0.6 is 0 Å². The van der Waals surface area contributed by atoms with Crippen molar-refractivity contribution in [3.05, 3.63) is 59.8 Å². The first kappa shape index (κ1) is 22.9. The molecule has 0 bridgehead atoms. The number of aromatic nitrogens is 1. The molecule has 1 fully saturated rings. The van der Waals surface area contributed by atoms with Crippen LogP contribution in [-0.4, -0.2) is 48.2 Å². The Kier molecular flexibility index (Phi) is 6.72. The van der Waals surface area contributed by atoms with E-state index in [-0.39, 0.29) is 18.1 Å². The van der Waals surface area contributed by atoms with Crippen LogP contribution in [0, 0.1) is 11.8 Å². The van der Waals surface area contributed by atoms with Gasteiger partial charge in [0.2, 0.25) is 5.91 Å². The predicted molar refractivity (Wildman–Crippen MR) is 129 cm³/mol.